The zero-order valence-electron chi connectivity index (χ0n) is 13.4. The molecule has 24 heavy (non-hydrogen) atoms. The maximum absolute atomic E-state index is 6.24. The van der Waals surface area contributed by atoms with Crippen LogP contribution in [0.25, 0.3) is 0 Å². The molecule has 4 heteroatoms. The lowest BCUT2D eigenvalue weighted by molar-refractivity contribution is 0.692. The minimum absolute atomic E-state index is 0.542. The summed E-state index contributed by atoms with van der Waals surface area (Å²) in [6.07, 6.45) is 2.69. The summed E-state index contributed by atoms with van der Waals surface area (Å²) >= 11 is 6.24. The highest BCUT2D eigenvalue weighted by molar-refractivity contribution is 6.30. The van der Waals surface area contributed by atoms with Crippen molar-refractivity contribution in [3.8, 4) is 0 Å². The Bertz CT molecular complexity index is 803. The molecule has 3 N–H and O–H groups in total. The largest absolute Gasteiger partial charge is 0.398 e. The van der Waals surface area contributed by atoms with Crippen molar-refractivity contribution in [1.82, 2.24) is 10.3 Å². The number of para-hydroxylation sites is 1. The van der Waals surface area contributed by atoms with Crippen molar-refractivity contribution in [2.45, 2.75) is 19.5 Å². The Kier molecular flexibility index (Phi) is 5.47. The molecule has 2 aromatic carbocycles. The van der Waals surface area contributed by atoms with Gasteiger partial charge in [0, 0.05) is 30.5 Å². The fourth-order valence-corrected chi connectivity index (χ4v) is 2.79. The molecule has 0 aliphatic carbocycles. The molecule has 0 bridgehead atoms. The van der Waals surface area contributed by atoms with Crippen LogP contribution in [0.4, 0.5) is 5.69 Å². The van der Waals surface area contributed by atoms with E-state index in [9.17, 15) is 0 Å². The van der Waals surface area contributed by atoms with E-state index >= 15 is 0 Å². The molecule has 0 unspecified atom stereocenters. The summed E-state index contributed by atoms with van der Waals surface area (Å²) in [6, 6.07) is 20.3. The van der Waals surface area contributed by atoms with E-state index in [2.05, 4.69) is 28.5 Å². The van der Waals surface area contributed by atoms with Crippen LogP contribution in [0.1, 0.15) is 22.3 Å². The molecule has 1 aromatic heterocycles. The second kappa shape index (κ2) is 7.95. The molecule has 0 atom stereocenters. The van der Waals surface area contributed by atoms with Crippen LogP contribution in [0.2, 0.25) is 5.15 Å². The van der Waals surface area contributed by atoms with Gasteiger partial charge in [0.15, 0.2) is 0 Å². The molecule has 0 spiro atoms. The standard InChI is InChI=1S/C20H20ClN3/c21-20-18(14-23-13-17-8-4-5-9-19(17)22)11-16(12-24-20)10-15-6-2-1-3-7-15/h1-9,11-12,23H,10,13-14,22H2. The number of rotatable bonds is 6. The van der Waals surface area contributed by atoms with E-state index in [0.717, 1.165) is 28.8 Å². The number of aromatic nitrogens is 1. The van der Waals surface area contributed by atoms with E-state index < -0.39 is 0 Å². The Morgan fingerprint density at radius 3 is 2.38 bits per heavy atom. The van der Waals surface area contributed by atoms with E-state index in [1.54, 1.807) is 0 Å². The Morgan fingerprint density at radius 2 is 1.58 bits per heavy atom. The van der Waals surface area contributed by atoms with Gasteiger partial charge in [0.1, 0.15) is 5.15 Å². The van der Waals surface area contributed by atoms with Crippen LogP contribution in [-0.4, -0.2) is 4.98 Å². The van der Waals surface area contributed by atoms with E-state index in [-0.39, 0.29) is 0 Å². The van der Waals surface area contributed by atoms with Gasteiger partial charge in [-0.15, -0.1) is 0 Å². The molecule has 3 aromatic rings. The van der Waals surface area contributed by atoms with Crippen molar-refractivity contribution < 1.29 is 0 Å². The van der Waals surface area contributed by atoms with E-state index in [4.69, 9.17) is 17.3 Å². The van der Waals surface area contributed by atoms with Crippen molar-refractivity contribution in [2.24, 2.45) is 0 Å². The number of anilines is 1. The molecule has 0 saturated heterocycles. The average Bonchev–Trinajstić information content (AvgIpc) is 2.60. The molecule has 0 amide bonds. The predicted molar refractivity (Wildman–Crippen MR) is 99.9 cm³/mol. The first-order chi connectivity index (χ1) is 11.7. The van der Waals surface area contributed by atoms with Crippen molar-refractivity contribution in [3.63, 3.8) is 0 Å². The first-order valence-electron chi connectivity index (χ1n) is 7.93. The molecular formula is C20H20ClN3. The number of nitrogens with zero attached hydrogens (tertiary/aromatic N) is 1. The molecule has 0 saturated carbocycles. The van der Waals surface area contributed by atoms with Gasteiger partial charge in [-0.3, -0.25) is 0 Å². The van der Waals surface area contributed by atoms with Gasteiger partial charge in [-0.05, 0) is 35.2 Å². The van der Waals surface area contributed by atoms with Crippen molar-refractivity contribution in [3.05, 3.63) is 94.3 Å². The molecule has 0 fully saturated rings. The van der Waals surface area contributed by atoms with Gasteiger partial charge in [-0.2, -0.15) is 0 Å². The van der Waals surface area contributed by atoms with E-state index in [1.807, 2.05) is 48.7 Å². The minimum Gasteiger partial charge on any atom is -0.398 e. The van der Waals surface area contributed by atoms with Crippen LogP contribution in [0.15, 0.2) is 66.9 Å². The summed E-state index contributed by atoms with van der Waals surface area (Å²) in [4.78, 5) is 4.32. The number of halogens is 1. The number of pyridine rings is 1. The zero-order chi connectivity index (χ0) is 16.8. The maximum Gasteiger partial charge on any atom is 0.133 e. The highest BCUT2D eigenvalue weighted by Gasteiger charge is 2.05. The first kappa shape index (κ1) is 16.5. The number of hydrogen-bond donors (Lipinski definition) is 2. The van der Waals surface area contributed by atoms with Crippen molar-refractivity contribution >= 4 is 17.3 Å². The Balaban J connectivity index is 1.65. The molecule has 1 heterocycles. The lowest BCUT2D eigenvalue weighted by Gasteiger charge is -2.10. The van der Waals surface area contributed by atoms with Crippen LogP contribution < -0.4 is 11.1 Å². The molecule has 3 rings (SSSR count). The maximum atomic E-state index is 6.24. The highest BCUT2D eigenvalue weighted by atomic mass is 35.5. The summed E-state index contributed by atoms with van der Waals surface area (Å²) in [5.41, 5.74) is 11.3. The van der Waals surface area contributed by atoms with E-state index in [1.165, 1.54) is 5.56 Å². The Labute approximate surface area is 147 Å². The van der Waals surface area contributed by atoms with Gasteiger partial charge < -0.3 is 11.1 Å². The highest BCUT2D eigenvalue weighted by Crippen LogP contribution is 2.17. The summed E-state index contributed by atoms with van der Waals surface area (Å²) < 4.78 is 0. The quantitative estimate of drug-likeness (QED) is 0.523. The van der Waals surface area contributed by atoms with Gasteiger partial charge in [0.05, 0.1) is 0 Å². The number of nitrogen functional groups attached to an aromatic ring is 1. The summed E-state index contributed by atoms with van der Waals surface area (Å²) in [5.74, 6) is 0. The van der Waals surface area contributed by atoms with Gasteiger partial charge >= 0.3 is 0 Å². The Hall–Kier alpha value is -2.36. The van der Waals surface area contributed by atoms with Crippen LogP contribution in [0.3, 0.4) is 0 Å². The summed E-state index contributed by atoms with van der Waals surface area (Å²) in [5, 5.41) is 3.93. The second-order valence-corrected chi connectivity index (χ2v) is 6.12. The summed E-state index contributed by atoms with van der Waals surface area (Å²) in [6.45, 7) is 1.36. The smallest absolute Gasteiger partial charge is 0.133 e. The van der Waals surface area contributed by atoms with E-state index in [0.29, 0.717) is 18.2 Å². The van der Waals surface area contributed by atoms with Crippen molar-refractivity contribution in [1.29, 1.82) is 0 Å². The first-order valence-corrected chi connectivity index (χ1v) is 8.31. The number of benzene rings is 2. The lowest BCUT2D eigenvalue weighted by atomic mass is 10.1. The summed E-state index contributed by atoms with van der Waals surface area (Å²) in [7, 11) is 0. The van der Waals surface area contributed by atoms with Crippen molar-refractivity contribution in [2.75, 3.05) is 5.73 Å². The SMILES string of the molecule is Nc1ccccc1CNCc1cc(Cc2ccccc2)cnc1Cl. The monoisotopic (exact) mass is 337 g/mol. The molecule has 0 aliphatic heterocycles. The van der Waals surface area contributed by atoms with Gasteiger partial charge in [-0.1, -0.05) is 60.1 Å². The third-order valence-corrected chi connectivity index (χ3v) is 4.25. The third kappa shape index (κ3) is 4.34. The zero-order valence-corrected chi connectivity index (χ0v) is 14.1. The normalized spacial score (nSPS) is 10.7. The third-order valence-electron chi connectivity index (χ3n) is 3.91. The molecule has 0 aliphatic rings. The number of nitrogens with two attached hydrogens (primary N) is 1. The molecule has 3 nitrogen and oxygen atoms in total. The molecule has 122 valence electrons. The minimum atomic E-state index is 0.542. The topological polar surface area (TPSA) is 50.9 Å². The van der Waals surface area contributed by atoms with Gasteiger partial charge in [0.25, 0.3) is 0 Å². The number of hydrogen-bond acceptors (Lipinski definition) is 3. The lowest BCUT2D eigenvalue weighted by Crippen LogP contribution is -2.14. The second-order valence-electron chi connectivity index (χ2n) is 5.76. The molecular weight excluding hydrogens is 318 g/mol. The average molecular weight is 338 g/mol. The Morgan fingerprint density at radius 1 is 0.875 bits per heavy atom. The van der Waals surface area contributed by atoms with Gasteiger partial charge in [-0.25, -0.2) is 4.98 Å². The molecule has 0 radical (unpaired) electrons. The van der Waals surface area contributed by atoms with Crippen LogP contribution in [0, 0.1) is 0 Å². The predicted octanol–water partition coefficient (Wildman–Crippen LogP) is 4.20. The van der Waals surface area contributed by atoms with Crippen LogP contribution in [-0.2, 0) is 19.5 Å². The fourth-order valence-electron chi connectivity index (χ4n) is 2.62. The number of nitrogens with one attached hydrogen (secondary N) is 1. The van der Waals surface area contributed by atoms with Crippen LogP contribution in [0.5, 0.6) is 0 Å². The fraction of sp³-hybridized carbons (Fsp3) is 0.150. The van der Waals surface area contributed by atoms with Crippen LogP contribution >= 0.6 is 11.6 Å². The van der Waals surface area contributed by atoms with Gasteiger partial charge in [0.2, 0.25) is 0 Å².